The van der Waals surface area contributed by atoms with E-state index < -0.39 is 12.1 Å². The summed E-state index contributed by atoms with van der Waals surface area (Å²) in [6.07, 6.45) is 2.88. The second-order valence-corrected chi connectivity index (χ2v) is 7.01. The maximum Gasteiger partial charge on any atom is 0.306 e. The molecular formula is C21H26N2O4. The van der Waals surface area contributed by atoms with Gasteiger partial charge in [0.15, 0.2) is 0 Å². The van der Waals surface area contributed by atoms with Gasteiger partial charge in [-0.25, -0.2) is 0 Å². The van der Waals surface area contributed by atoms with Crippen molar-refractivity contribution in [3.63, 3.8) is 0 Å². The number of aromatic amines is 1. The van der Waals surface area contributed by atoms with Gasteiger partial charge < -0.3 is 19.6 Å². The van der Waals surface area contributed by atoms with Crippen molar-refractivity contribution >= 4 is 16.9 Å². The Labute approximate surface area is 159 Å². The number of nitrogens with zero attached hydrogens (tertiary/aromatic N) is 1. The predicted molar refractivity (Wildman–Crippen MR) is 102 cm³/mol. The molecule has 1 aromatic carbocycles. The Balaban J connectivity index is 1.97. The molecule has 27 heavy (non-hydrogen) atoms. The fourth-order valence-corrected chi connectivity index (χ4v) is 3.85. The zero-order chi connectivity index (χ0) is 19.4. The molecule has 1 aliphatic heterocycles. The average Bonchev–Trinajstić information content (AvgIpc) is 3.04. The van der Waals surface area contributed by atoms with E-state index in [-0.39, 0.29) is 6.42 Å². The molecule has 144 valence electrons. The van der Waals surface area contributed by atoms with E-state index in [0.717, 1.165) is 59.2 Å². The standard InChI is InChI=1S/C21H26N2O4/c1-3-7-26-8-4-5-14-10-15(12-22)19-16-6-9-27-17(11-18(24)25)21(16)23-20(19)13(14)2/h10,17,23H,3-9,11H2,1-2H3,(H,24,25). The van der Waals surface area contributed by atoms with E-state index in [0.29, 0.717) is 25.2 Å². The van der Waals surface area contributed by atoms with E-state index >= 15 is 0 Å². The van der Waals surface area contributed by atoms with Gasteiger partial charge in [0.05, 0.1) is 30.2 Å². The molecule has 0 spiro atoms. The van der Waals surface area contributed by atoms with Crippen LogP contribution in [0, 0.1) is 18.3 Å². The second-order valence-electron chi connectivity index (χ2n) is 7.01. The minimum Gasteiger partial charge on any atom is -0.481 e. The van der Waals surface area contributed by atoms with Gasteiger partial charge in [-0.3, -0.25) is 4.79 Å². The summed E-state index contributed by atoms with van der Waals surface area (Å²) in [7, 11) is 0. The Hall–Kier alpha value is -2.36. The fourth-order valence-electron chi connectivity index (χ4n) is 3.85. The molecule has 1 atom stereocenters. The number of fused-ring (bicyclic) bond motifs is 3. The van der Waals surface area contributed by atoms with Gasteiger partial charge >= 0.3 is 5.97 Å². The molecule has 2 N–H and O–H groups in total. The van der Waals surface area contributed by atoms with Crippen LogP contribution in [0.25, 0.3) is 10.9 Å². The van der Waals surface area contributed by atoms with Crippen LogP contribution < -0.4 is 0 Å². The molecule has 0 saturated heterocycles. The first-order valence-electron chi connectivity index (χ1n) is 9.55. The molecule has 0 amide bonds. The van der Waals surface area contributed by atoms with E-state index in [1.807, 2.05) is 6.07 Å². The Morgan fingerprint density at radius 1 is 1.48 bits per heavy atom. The summed E-state index contributed by atoms with van der Waals surface area (Å²) in [6.45, 7) is 6.10. The molecule has 2 heterocycles. The van der Waals surface area contributed by atoms with Gasteiger partial charge in [-0.2, -0.15) is 5.26 Å². The number of ether oxygens (including phenoxy) is 2. The number of carbonyl (C=O) groups is 1. The zero-order valence-corrected chi connectivity index (χ0v) is 15.9. The van der Waals surface area contributed by atoms with Crippen molar-refractivity contribution < 1.29 is 19.4 Å². The average molecular weight is 370 g/mol. The number of carboxylic acid groups (broad SMARTS) is 1. The highest BCUT2D eigenvalue weighted by Gasteiger charge is 2.29. The van der Waals surface area contributed by atoms with Crippen molar-refractivity contribution in [2.45, 2.75) is 52.1 Å². The smallest absolute Gasteiger partial charge is 0.306 e. The molecule has 0 fully saturated rings. The number of aromatic nitrogens is 1. The Morgan fingerprint density at radius 2 is 2.30 bits per heavy atom. The third-order valence-electron chi connectivity index (χ3n) is 5.14. The van der Waals surface area contributed by atoms with Crippen molar-refractivity contribution in [1.29, 1.82) is 5.26 Å². The number of aliphatic carboxylic acids is 1. The summed E-state index contributed by atoms with van der Waals surface area (Å²) in [4.78, 5) is 14.6. The zero-order valence-electron chi connectivity index (χ0n) is 15.9. The lowest BCUT2D eigenvalue weighted by Crippen LogP contribution is -2.18. The van der Waals surface area contributed by atoms with Gasteiger partial charge in [-0.1, -0.05) is 6.92 Å². The molecule has 1 unspecified atom stereocenters. The molecular weight excluding hydrogens is 344 g/mol. The van der Waals surface area contributed by atoms with Crippen LogP contribution in [0.1, 0.15) is 60.2 Å². The summed E-state index contributed by atoms with van der Waals surface area (Å²) in [5, 5.41) is 19.8. The van der Waals surface area contributed by atoms with Crippen LogP contribution in [0.5, 0.6) is 0 Å². The third kappa shape index (κ3) is 4.00. The van der Waals surface area contributed by atoms with Gasteiger partial charge in [-0.15, -0.1) is 0 Å². The molecule has 0 bridgehead atoms. The maximum atomic E-state index is 11.2. The molecule has 6 nitrogen and oxygen atoms in total. The van der Waals surface area contributed by atoms with Gasteiger partial charge in [0.1, 0.15) is 6.10 Å². The second kappa shape index (κ2) is 8.55. The highest BCUT2D eigenvalue weighted by Crippen LogP contribution is 2.38. The van der Waals surface area contributed by atoms with Crippen LogP contribution in [-0.2, 0) is 27.1 Å². The van der Waals surface area contributed by atoms with E-state index in [1.54, 1.807) is 0 Å². The summed E-state index contributed by atoms with van der Waals surface area (Å²) in [5.74, 6) is -0.892. The number of rotatable bonds is 8. The largest absolute Gasteiger partial charge is 0.481 e. The lowest BCUT2D eigenvalue weighted by molar-refractivity contribution is -0.140. The number of hydrogen-bond acceptors (Lipinski definition) is 4. The van der Waals surface area contributed by atoms with Crippen LogP contribution >= 0.6 is 0 Å². The van der Waals surface area contributed by atoms with E-state index in [2.05, 4.69) is 24.9 Å². The highest BCUT2D eigenvalue weighted by atomic mass is 16.5. The number of carboxylic acids is 1. The number of hydrogen-bond donors (Lipinski definition) is 2. The molecule has 2 aromatic rings. The minimum absolute atomic E-state index is 0.0810. The number of aryl methyl sites for hydroxylation is 2. The van der Waals surface area contributed by atoms with Gasteiger partial charge in [0.2, 0.25) is 0 Å². The first-order valence-corrected chi connectivity index (χ1v) is 9.55. The van der Waals surface area contributed by atoms with E-state index in [1.165, 1.54) is 0 Å². The van der Waals surface area contributed by atoms with Crippen molar-refractivity contribution in [2.75, 3.05) is 19.8 Å². The SMILES string of the molecule is CCCOCCCc1cc(C#N)c2c3c([nH]c2c1C)C(CC(=O)O)OCC3. The topological polar surface area (TPSA) is 95.3 Å². The summed E-state index contributed by atoms with van der Waals surface area (Å²) >= 11 is 0. The van der Waals surface area contributed by atoms with Crippen LogP contribution in [0.4, 0.5) is 0 Å². The highest BCUT2D eigenvalue weighted by molar-refractivity contribution is 5.93. The number of benzene rings is 1. The van der Waals surface area contributed by atoms with Crippen LogP contribution in [0.3, 0.4) is 0 Å². The van der Waals surface area contributed by atoms with Gasteiger partial charge in [-0.05, 0) is 55.4 Å². The first kappa shape index (κ1) is 19.4. The summed E-state index contributed by atoms with van der Waals surface area (Å²) in [5.41, 5.74) is 5.66. The summed E-state index contributed by atoms with van der Waals surface area (Å²) < 4.78 is 11.2. The molecule has 1 aliphatic rings. The first-order chi connectivity index (χ1) is 13.1. The number of nitrogens with one attached hydrogen (secondary N) is 1. The normalized spacial score (nSPS) is 16.3. The molecule has 1 aromatic heterocycles. The molecule has 6 heteroatoms. The van der Waals surface area contributed by atoms with Crippen LogP contribution in [-0.4, -0.2) is 35.9 Å². The van der Waals surface area contributed by atoms with Crippen molar-refractivity contribution in [1.82, 2.24) is 4.98 Å². The molecule has 0 saturated carbocycles. The van der Waals surface area contributed by atoms with Crippen LogP contribution in [0.2, 0.25) is 0 Å². The van der Waals surface area contributed by atoms with Gasteiger partial charge in [0.25, 0.3) is 0 Å². The van der Waals surface area contributed by atoms with E-state index in [4.69, 9.17) is 14.6 Å². The quantitative estimate of drug-likeness (QED) is 0.689. The molecule has 0 aliphatic carbocycles. The lowest BCUT2D eigenvalue weighted by Gasteiger charge is -2.22. The van der Waals surface area contributed by atoms with E-state index in [9.17, 15) is 10.1 Å². The van der Waals surface area contributed by atoms with Crippen molar-refractivity contribution in [2.24, 2.45) is 0 Å². The van der Waals surface area contributed by atoms with Gasteiger partial charge in [0, 0.05) is 24.3 Å². The monoisotopic (exact) mass is 370 g/mol. The third-order valence-corrected chi connectivity index (χ3v) is 5.14. The lowest BCUT2D eigenvalue weighted by atomic mass is 9.93. The van der Waals surface area contributed by atoms with Crippen molar-refractivity contribution in [3.05, 3.63) is 34.0 Å². The predicted octanol–water partition coefficient (Wildman–Crippen LogP) is 3.80. The Bertz CT molecular complexity index is 879. The summed E-state index contributed by atoms with van der Waals surface area (Å²) in [6, 6.07) is 4.31. The number of nitriles is 1. The number of H-pyrrole nitrogens is 1. The minimum atomic E-state index is -0.892. The maximum absolute atomic E-state index is 11.2. The Kier molecular flexibility index (Phi) is 6.15. The van der Waals surface area contributed by atoms with Crippen molar-refractivity contribution in [3.8, 4) is 6.07 Å². The fraction of sp³-hybridized carbons (Fsp3) is 0.524. The Morgan fingerprint density at radius 3 is 3.00 bits per heavy atom. The molecule has 0 radical (unpaired) electrons. The molecule has 3 rings (SSSR count). The van der Waals surface area contributed by atoms with Crippen LogP contribution in [0.15, 0.2) is 6.07 Å².